The van der Waals surface area contributed by atoms with Gasteiger partial charge in [-0.3, -0.25) is 9.69 Å². The number of rotatable bonds is 5. The highest BCUT2D eigenvalue weighted by Crippen LogP contribution is 2.20. The van der Waals surface area contributed by atoms with Gasteiger partial charge in [0, 0.05) is 25.2 Å². The predicted octanol–water partition coefficient (Wildman–Crippen LogP) is 2.37. The first-order valence-corrected chi connectivity index (χ1v) is 8.18. The fourth-order valence-electron chi connectivity index (χ4n) is 2.98. The van der Waals surface area contributed by atoms with E-state index >= 15 is 0 Å². The molecule has 1 N–H and O–H groups in total. The third kappa shape index (κ3) is 5.01. The van der Waals surface area contributed by atoms with Crippen LogP contribution in [0.25, 0.3) is 0 Å². The smallest absolute Gasteiger partial charge is 0.224 e. The van der Waals surface area contributed by atoms with Crippen LogP contribution in [-0.4, -0.2) is 48.2 Å². The number of hydrogen-bond acceptors (Lipinski definition) is 3. The molecule has 1 saturated heterocycles. The van der Waals surface area contributed by atoms with Gasteiger partial charge in [-0.15, -0.1) is 0 Å². The summed E-state index contributed by atoms with van der Waals surface area (Å²) in [6, 6.07) is 6.39. The molecule has 1 fully saturated rings. The molecule has 2 atom stereocenters. The van der Waals surface area contributed by atoms with Gasteiger partial charge in [0.15, 0.2) is 0 Å². The standard InChI is InChI=1S/C18H27FN2O2/c1-13-10-21(11-14(2)23-13)18(3,4)12-20-17(22)9-15-7-5-6-8-16(15)19/h5-8,13-14H,9-12H2,1-4H3,(H,20,22). The summed E-state index contributed by atoms with van der Waals surface area (Å²) in [6.07, 6.45) is 0.442. The highest BCUT2D eigenvalue weighted by atomic mass is 19.1. The van der Waals surface area contributed by atoms with Crippen LogP contribution in [-0.2, 0) is 16.0 Å². The molecular weight excluding hydrogens is 295 g/mol. The molecule has 2 rings (SSSR count). The van der Waals surface area contributed by atoms with Gasteiger partial charge in [-0.2, -0.15) is 0 Å². The van der Waals surface area contributed by atoms with Crippen molar-refractivity contribution < 1.29 is 13.9 Å². The van der Waals surface area contributed by atoms with Gasteiger partial charge in [0.05, 0.1) is 18.6 Å². The normalized spacial score (nSPS) is 22.8. The molecule has 0 saturated carbocycles. The van der Waals surface area contributed by atoms with Crippen molar-refractivity contribution in [3.05, 3.63) is 35.6 Å². The zero-order valence-corrected chi connectivity index (χ0v) is 14.4. The fraction of sp³-hybridized carbons (Fsp3) is 0.611. The summed E-state index contributed by atoms with van der Waals surface area (Å²) in [5.74, 6) is -0.490. The van der Waals surface area contributed by atoms with Crippen LogP contribution in [0.3, 0.4) is 0 Å². The Morgan fingerprint density at radius 3 is 2.52 bits per heavy atom. The molecule has 1 aliphatic rings. The molecule has 1 amide bonds. The predicted molar refractivity (Wildman–Crippen MR) is 88.8 cm³/mol. The van der Waals surface area contributed by atoms with Gasteiger partial charge in [0.25, 0.3) is 0 Å². The van der Waals surface area contributed by atoms with Gasteiger partial charge >= 0.3 is 0 Å². The Kier molecular flexibility index (Phi) is 5.76. The summed E-state index contributed by atoms with van der Waals surface area (Å²) >= 11 is 0. The molecule has 1 aliphatic heterocycles. The van der Waals surface area contributed by atoms with E-state index in [1.165, 1.54) is 6.07 Å². The summed E-state index contributed by atoms with van der Waals surface area (Å²) in [5, 5.41) is 2.94. The second-order valence-electron chi connectivity index (χ2n) is 7.02. The van der Waals surface area contributed by atoms with E-state index in [2.05, 4.69) is 37.9 Å². The van der Waals surface area contributed by atoms with E-state index in [1.807, 2.05) is 0 Å². The van der Waals surface area contributed by atoms with Crippen LogP contribution in [0.4, 0.5) is 4.39 Å². The van der Waals surface area contributed by atoms with Crippen molar-refractivity contribution in [3.63, 3.8) is 0 Å². The summed E-state index contributed by atoms with van der Waals surface area (Å²) in [4.78, 5) is 14.4. The Balaban J connectivity index is 1.88. The van der Waals surface area contributed by atoms with Crippen molar-refractivity contribution in [2.45, 2.75) is 51.9 Å². The zero-order chi connectivity index (χ0) is 17.0. The number of morpholine rings is 1. The van der Waals surface area contributed by atoms with E-state index < -0.39 is 0 Å². The van der Waals surface area contributed by atoms with Gasteiger partial charge in [0.1, 0.15) is 5.82 Å². The van der Waals surface area contributed by atoms with E-state index in [4.69, 9.17) is 4.74 Å². The average Bonchev–Trinajstić information content (AvgIpc) is 2.47. The van der Waals surface area contributed by atoms with E-state index in [1.54, 1.807) is 18.2 Å². The SMILES string of the molecule is CC1CN(C(C)(C)CNC(=O)Cc2ccccc2F)CC(C)O1. The molecule has 4 nitrogen and oxygen atoms in total. The maximum Gasteiger partial charge on any atom is 0.224 e. The number of hydrogen-bond donors (Lipinski definition) is 1. The molecule has 23 heavy (non-hydrogen) atoms. The number of amides is 1. The van der Waals surface area contributed by atoms with Gasteiger partial charge in [-0.25, -0.2) is 4.39 Å². The molecule has 0 bridgehead atoms. The lowest BCUT2D eigenvalue weighted by Gasteiger charge is -2.45. The van der Waals surface area contributed by atoms with Crippen molar-refractivity contribution in [2.24, 2.45) is 0 Å². The van der Waals surface area contributed by atoms with Gasteiger partial charge in [-0.1, -0.05) is 18.2 Å². The van der Waals surface area contributed by atoms with Crippen LogP contribution in [0.15, 0.2) is 24.3 Å². The molecule has 1 heterocycles. The lowest BCUT2D eigenvalue weighted by molar-refractivity contribution is -0.122. The molecule has 1 aromatic rings. The van der Waals surface area contributed by atoms with E-state index in [0.717, 1.165) is 13.1 Å². The van der Waals surface area contributed by atoms with Crippen molar-refractivity contribution in [1.82, 2.24) is 10.2 Å². The largest absolute Gasteiger partial charge is 0.373 e. The highest BCUT2D eigenvalue weighted by Gasteiger charge is 2.33. The Labute approximate surface area is 138 Å². The Hall–Kier alpha value is -1.46. The van der Waals surface area contributed by atoms with Crippen molar-refractivity contribution >= 4 is 5.91 Å². The summed E-state index contributed by atoms with van der Waals surface area (Å²) in [7, 11) is 0. The van der Waals surface area contributed by atoms with E-state index in [0.29, 0.717) is 12.1 Å². The molecule has 5 heteroatoms. The number of benzene rings is 1. The molecule has 0 radical (unpaired) electrons. The van der Waals surface area contributed by atoms with Gasteiger partial charge in [-0.05, 0) is 39.3 Å². The summed E-state index contributed by atoms with van der Waals surface area (Å²) in [5.41, 5.74) is 0.258. The molecule has 2 unspecified atom stereocenters. The number of carbonyl (C=O) groups excluding carboxylic acids is 1. The maximum atomic E-state index is 13.6. The van der Waals surface area contributed by atoms with Crippen LogP contribution < -0.4 is 5.32 Å². The first-order chi connectivity index (χ1) is 10.8. The molecular formula is C18H27FN2O2. The first-order valence-electron chi connectivity index (χ1n) is 8.18. The fourth-order valence-corrected chi connectivity index (χ4v) is 2.98. The summed E-state index contributed by atoms with van der Waals surface area (Å²) in [6.45, 7) is 10.6. The Morgan fingerprint density at radius 2 is 1.91 bits per heavy atom. The van der Waals surface area contributed by atoms with Crippen LogP contribution in [0, 0.1) is 5.82 Å². The number of carbonyl (C=O) groups is 1. The molecule has 0 aliphatic carbocycles. The number of nitrogens with one attached hydrogen (secondary N) is 1. The molecule has 1 aromatic carbocycles. The van der Waals surface area contributed by atoms with Gasteiger partial charge < -0.3 is 10.1 Å². The van der Waals surface area contributed by atoms with Crippen LogP contribution >= 0.6 is 0 Å². The highest BCUT2D eigenvalue weighted by molar-refractivity contribution is 5.78. The quantitative estimate of drug-likeness (QED) is 0.905. The molecule has 0 aromatic heterocycles. The second-order valence-corrected chi connectivity index (χ2v) is 7.02. The minimum Gasteiger partial charge on any atom is -0.373 e. The van der Waals surface area contributed by atoms with Crippen LogP contribution in [0.1, 0.15) is 33.3 Å². The third-order valence-corrected chi connectivity index (χ3v) is 4.30. The Morgan fingerprint density at radius 1 is 1.30 bits per heavy atom. The lowest BCUT2D eigenvalue weighted by atomic mass is 10.00. The number of ether oxygens (including phenoxy) is 1. The first kappa shape index (κ1) is 17.9. The minimum atomic E-state index is -0.335. The lowest BCUT2D eigenvalue weighted by Crippen LogP contribution is -2.58. The zero-order valence-electron chi connectivity index (χ0n) is 14.4. The van der Waals surface area contributed by atoms with E-state index in [9.17, 15) is 9.18 Å². The Bertz CT molecular complexity index is 538. The van der Waals surface area contributed by atoms with E-state index in [-0.39, 0.29) is 35.9 Å². The summed E-state index contributed by atoms with van der Waals surface area (Å²) < 4.78 is 19.4. The monoisotopic (exact) mass is 322 g/mol. The maximum absolute atomic E-state index is 13.6. The van der Waals surface area contributed by atoms with Crippen LogP contribution in [0.2, 0.25) is 0 Å². The van der Waals surface area contributed by atoms with Crippen molar-refractivity contribution in [1.29, 1.82) is 0 Å². The van der Waals surface area contributed by atoms with Crippen molar-refractivity contribution in [2.75, 3.05) is 19.6 Å². The second kappa shape index (κ2) is 7.41. The number of nitrogens with zero attached hydrogens (tertiary/aromatic N) is 1. The minimum absolute atomic E-state index is 0.0681. The molecule has 128 valence electrons. The average molecular weight is 322 g/mol. The third-order valence-electron chi connectivity index (χ3n) is 4.30. The molecule has 0 spiro atoms. The van der Waals surface area contributed by atoms with Crippen molar-refractivity contribution in [3.8, 4) is 0 Å². The topological polar surface area (TPSA) is 41.6 Å². The van der Waals surface area contributed by atoms with Gasteiger partial charge in [0.2, 0.25) is 5.91 Å². The number of halogens is 1. The van der Waals surface area contributed by atoms with Crippen LogP contribution in [0.5, 0.6) is 0 Å².